The number of aliphatic carboxylic acids is 1. The second kappa shape index (κ2) is 7.29. The van der Waals surface area contributed by atoms with Crippen LogP contribution >= 0.6 is 0 Å². The molecule has 1 aromatic carbocycles. The van der Waals surface area contributed by atoms with E-state index < -0.39 is 5.97 Å². The first-order valence-corrected chi connectivity index (χ1v) is 6.12. The molecule has 0 radical (unpaired) electrons. The molecule has 0 aliphatic rings. The van der Waals surface area contributed by atoms with Crippen molar-refractivity contribution >= 4 is 11.5 Å². The van der Waals surface area contributed by atoms with Crippen LogP contribution in [0.2, 0.25) is 0 Å². The van der Waals surface area contributed by atoms with Gasteiger partial charge in [-0.3, -0.25) is 0 Å². The number of carbonyl (C=O) groups is 1. The molecule has 0 aromatic heterocycles. The molecular weight excluding hydrogens is 226 g/mol. The van der Waals surface area contributed by atoms with E-state index in [0.29, 0.717) is 12.0 Å². The van der Waals surface area contributed by atoms with E-state index in [1.54, 1.807) is 18.2 Å². The van der Waals surface area contributed by atoms with Gasteiger partial charge < -0.3 is 5.11 Å². The third-order valence-electron chi connectivity index (χ3n) is 2.74. The zero-order valence-electron chi connectivity index (χ0n) is 10.5. The van der Waals surface area contributed by atoms with Crippen molar-refractivity contribution in [2.45, 2.75) is 32.6 Å². The topological polar surface area (TPSA) is 61.1 Å². The highest BCUT2D eigenvalue weighted by Gasteiger charge is 2.08. The van der Waals surface area contributed by atoms with Gasteiger partial charge in [-0.15, -0.1) is 0 Å². The SMILES string of the molecule is CCCCC/C(=C\C(=O)O)c1ccccc1C#N. The van der Waals surface area contributed by atoms with Gasteiger partial charge in [0.1, 0.15) is 0 Å². The van der Waals surface area contributed by atoms with Crippen molar-refractivity contribution in [2.24, 2.45) is 0 Å². The number of rotatable bonds is 6. The second-order valence-electron chi connectivity index (χ2n) is 4.12. The number of nitrogens with zero attached hydrogens (tertiary/aromatic N) is 1. The van der Waals surface area contributed by atoms with Gasteiger partial charge in [0, 0.05) is 6.08 Å². The minimum Gasteiger partial charge on any atom is -0.478 e. The lowest BCUT2D eigenvalue weighted by Crippen LogP contribution is -1.95. The number of nitriles is 1. The van der Waals surface area contributed by atoms with E-state index >= 15 is 0 Å². The molecule has 1 aromatic rings. The van der Waals surface area contributed by atoms with Crippen molar-refractivity contribution < 1.29 is 9.90 Å². The molecule has 0 saturated heterocycles. The van der Waals surface area contributed by atoms with E-state index in [2.05, 4.69) is 13.0 Å². The minimum atomic E-state index is -0.964. The maximum Gasteiger partial charge on any atom is 0.328 e. The highest BCUT2D eigenvalue weighted by molar-refractivity contribution is 5.90. The molecule has 0 saturated carbocycles. The lowest BCUT2D eigenvalue weighted by Gasteiger charge is -2.08. The van der Waals surface area contributed by atoms with Gasteiger partial charge >= 0.3 is 5.97 Å². The summed E-state index contributed by atoms with van der Waals surface area (Å²) in [5.74, 6) is -0.964. The quantitative estimate of drug-likeness (QED) is 0.613. The van der Waals surface area contributed by atoms with Crippen LogP contribution in [0.1, 0.15) is 43.7 Å². The largest absolute Gasteiger partial charge is 0.478 e. The molecule has 1 rings (SSSR count). The van der Waals surface area contributed by atoms with Gasteiger partial charge in [-0.2, -0.15) is 5.26 Å². The standard InChI is InChI=1S/C15H17NO2/c1-2-3-4-7-12(10-15(17)18)14-9-6-5-8-13(14)11-16/h5-6,8-10H,2-4,7H2,1H3,(H,17,18)/b12-10+. The summed E-state index contributed by atoms with van der Waals surface area (Å²) in [5, 5.41) is 18.0. The predicted octanol–water partition coefficient (Wildman–Crippen LogP) is 3.61. The number of hydrogen-bond donors (Lipinski definition) is 1. The smallest absolute Gasteiger partial charge is 0.328 e. The van der Waals surface area contributed by atoms with Crippen molar-refractivity contribution in [1.82, 2.24) is 0 Å². The van der Waals surface area contributed by atoms with Gasteiger partial charge in [0.15, 0.2) is 0 Å². The zero-order valence-corrected chi connectivity index (χ0v) is 10.5. The second-order valence-corrected chi connectivity index (χ2v) is 4.12. The summed E-state index contributed by atoms with van der Waals surface area (Å²) in [7, 11) is 0. The van der Waals surface area contributed by atoms with Crippen molar-refractivity contribution in [3.63, 3.8) is 0 Å². The fourth-order valence-corrected chi connectivity index (χ4v) is 1.86. The highest BCUT2D eigenvalue weighted by atomic mass is 16.4. The summed E-state index contributed by atoms with van der Waals surface area (Å²) in [5.41, 5.74) is 1.99. The molecule has 0 amide bonds. The molecule has 1 N–H and O–H groups in total. The lowest BCUT2D eigenvalue weighted by atomic mass is 9.95. The number of unbranched alkanes of at least 4 members (excludes halogenated alkanes) is 2. The average Bonchev–Trinajstić information content (AvgIpc) is 2.37. The van der Waals surface area contributed by atoms with Gasteiger partial charge in [0.25, 0.3) is 0 Å². The molecule has 18 heavy (non-hydrogen) atoms. The molecule has 3 nitrogen and oxygen atoms in total. The molecular formula is C15H17NO2. The van der Waals surface area contributed by atoms with Gasteiger partial charge in [0.05, 0.1) is 11.6 Å². The Morgan fingerprint density at radius 2 is 2.11 bits per heavy atom. The van der Waals surface area contributed by atoms with Gasteiger partial charge in [-0.25, -0.2) is 4.79 Å². The van der Waals surface area contributed by atoms with Crippen molar-refractivity contribution in [1.29, 1.82) is 5.26 Å². The van der Waals surface area contributed by atoms with E-state index in [1.165, 1.54) is 6.08 Å². The Morgan fingerprint density at radius 3 is 2.72 bits per heavy atom. The Hall–Kier alpha value is -2.08. The van der Waals surface area contributed by atoms with E-state index in [-0.39, 0.29) is 0 Å². The molecule has 0 bridgehead atoms. The first-order valence-electron chi connectivity index (χ1n) is 6.12. The van der Waals surface area contributed by atoms with E-state index in [0.717, 1.165) is 30.4 Å². The normalized spacial score (nSPS) is 11.0. The van der Waals surface area contributed by atoms with Crippen LogP contribution < -0.4 is 0 Å². The number of benzene rings is 1. The predicted molar refractivity (Wildman–Crippen MR) is 70.9 cm³/mol. The van der Waals surface area contributed by atoms with Crippen LogP contribution in [0.3, 0.4) is 0 Å². The van der Waals surface area contributed by atoms with Crippen molar-refractivity contribution in [3.8, 4) is 6.07 Å². The number of allylic oxidation sites excluding steroid dienone is 1. The fourth-order valence-electron chi connectivity index (χ4n) is 1.86. The van der Waals surface area contributed by atoms with E-state index in [1.807, 2.05) is 6.07 Å². The molecule has 0 unspecified atom stereocenters. The molecule has 0 heterocycles. The first kappa shape index (κ1) is 14.0. The molecule has 3 heteroatoms. The first-order chi connectivity index (χ1) is 8.69. The summed E-state index contributed by atoms with van der Waals surface area (Å²) < 4.78 is 0. The Balaban J connectivity index is 3.03. The van der Waals surface area contributed by atoms with Crippen LogP contribution in [0.25, 0.3) is 5.57 Å². The minimum absolute atomic E-state index is 0.529. The lowest BCUT2D eigenvalue weighted by molar-refractivity contribution is -0.131. The third-order valence-corrected chi connectivity index (χ3v) is 2.74. The fraction of sp³-hybridized carbons (Fsp3) is 0.333. The van der Waals surface area contributed by atoms with Crippen LogP contribution in [-0.2, 0) is 4.79 Å². The van der Waals surface area contributed by atoms with Crippen LogP contribution in [0.15, 0.2) is 30.3 Å². The summed E-state index contributed by atoms with van der Waals surface area (Å²) >= 11 is 0. The van der Waals surface area contributed by atoms with Crippen molar-refractivity contribution in [3.05, 3.63) is 41.5 Å². The van der Waals surface area contributed by atoms with Crippen molar-refractivity contribution in [2.75, 3.05) is 0 Å². The van der Waals surface area contributed by atoms with Gasteiger partial charge in [-0.1, -0.05) is 38.0 Å². The van der Waals surface area contributed by atoms with Crippen LogP contribution in [0.5, 0.6) is 0 Å². The van der Waals surface area contributed by atoms with E-state index in [9.17, 15) is 4.79 Å². The van der Waals surface area contributed by atoms with Crippen LogP contribution in [0, 0.1) is 11.3 Å². The summed E-state index contributed by atoms with van der Waals surface area (Å²) in [6.45, 7) is 2.10. The molecule has 0 aliphatic heterocycles. The average molecular weight is 243 g/mol. The molecule has 0 aliphatic carbocycles. The molecule has 94 valence electrons. The third kappa shape index (κ3) is 4.06. The summed E-state index contributed by atoms with van der Waals surface area (Å²) in [6.07, 6.45) is 4.99. The maximum atomic E-state index is 10.9. The Morgan fingerprint density at radius 1 is 1.39 bits per heavy atom. The maximum absolute atomic E-state index is 10.9. The van der Waals surface area contributed by atoms with Gasteiger partial charge in [0.2, 0.25) is 0 Å². The Kier molecular flexibility index (Phi) is 5.66. The van der Waals surface area contributed by atoms with Gasteiger partial charge in [-0.05, 0) is 30.0 Å². The summed E-state index contributed by atoms with van der Waals surface area (Å²) in [4.78, 5) is 10.9. The molecule has 0 atom stereocenters. The highest BCUT2D eigenvalue weighted by Crippen LogP contribution is 2.24. The number of carboxylic acids is 1. The number of carboxylic acid groups (broad SMARTS) is 1. The Bertz CT molecular complexity index is 484. The zero-order chi connectivity index (χ0) is 13.4. The number of hydrogen-bond acceptors (Lipinski definition) is 2. The molecule has 0 spiro atoms. The monoisotopic (exact) mass is 243 g/mol. The van der Waals surface area contributed by atoms with Crippen LogP contribution in [-0.4, -0.2) is 11.1 Å². The molecule has 0 fully saturated rings. The Labute approximate surface area is 107 Å². The van der Waals surface area contributed by atoms with Crippen LogP contribution in [0.4, 0.5) is 0 Å². The summed E-state index contributed by atoms with van der Waals surface area (Å²) in [6, 6.07) is 9.23. The van der Waals surface area contributed by atoms with E-state index in [4.69, 9.17) is 10.4 Å².